The van der Waals surface area contributed by atoms with Crippen molar-refractivity contribution in [3.05, 3.63) is 65.2 Å². The molecule has 0 aliphatic heterocycles. The van der Waals surface area contributed by atoms with Crippen molar-refractivity contribution in [2.24, 2.45) is 0 Å². The third kappa shape index (κ3) is 2.96. The van der Waals surface area contributed by atoms with Crippen molar-refractivity contribution in [1.82, 2.24) is 0 Å². The zero-order chi connectivity index (χ0) is 13.8. The van der Waals surface area contributed by atoms with Gasteiger partial charge in [0.25, 0.3) is 0 Å². The highest BCUT2D eigenvalue weighted by molar-refractivity contribution is 5.37. The Bertz CT molecular complexity index is 534. The first-order valence-electron chi connectivity index (χ1n) is 6.51. The number of benzene rings is 2. The fourth-order valence-corrected chi connectivity index (χ4v) is 2.32. The Morgan fingerprint density at radius 3 is 2.32 bits per heavy atom. The Hall–Kier alpha value is -1.80. The summed E-state index contributed by atoms with van der Waals surface area (Å²) >= 11 is 0. The highest BCUT2D eigenvalue weighted by Crippen LogP contribution is 2.33. The lowest BCUT2D eigenvalue weighted by Gasteiger charge is -2.21. The molecule has 0 aromatic heterocycles. The van der Waals surface area contributed by atoms with E-state index in [1.54, 1.807) is 7.11 Å². The molecule has 0 saturated heterocycles. The van der Waals surface area contributed by atoms with Crippen LogP contribution < -0.4 is 4.74 Å². The molecular formula is C17H20O2. The molecule has 2 unspecified atom stereocenters. The molecule has 2 aromatic rings. The van der Waals surface area contributed by atoms with Gasteiger partial charge in [-0.1, -0.05) is 43.3 Å². The van der Waals surface area contributed by atoms with E-state index in [0.717, 1.165) is 22.4 Å². The lowest BCUT2D eigenvalue weighted by Crippen LogP contribution is -2.09. The van der Waals surface area contributed by atoms with Crippen LogP contribution in [0.15, 0.2) is 48.5 Å². The molecular weight excluding hydrogens is 236 g/mol. The van der Waals surface area contributed by atoms with Crippen molar-refractivity contribution >= 4 is 0 Å². The van der Waals surface area contributed by atoms with E-state index in [0.29, 0.717) is 0 Å². The van der Waals surface area contributed by atoms with Gasteiger partial charge in [-0.15, -0.1) is 0 Å². The Morgan fingerprint density at radius 2 is 1.74 bits per heavy atom. The number of methoxy groups -OCH3 is 1. The van der Waals surface area contributed by atoms with Crippen molar-refractivity contribution in [3.8, 4) is 5.75 Å². The van der Waals surface area contributed by atoms with E-state index >= 15 is 0 Å². The molecule has 0 amide bonds. The lowest BCUT2D eigenvalue weighted by molar-refractivity contribution is 0.151. The van der Waals surface area contributed by atoms with E-state index in [2.05, 4.69) is 0 Å². The summed E-state index contributed by atoms with van der Waals surface area (Å²) in [7, 11) is 1.65. The summed E-state index contributed by atoms with van der Waals surface area (Å²) in [5.74, 6) is 0.883. The highest BCUT2D eigenvalue weighted by atomic mass is 16.5. The second kappa shape index (κ2) is 5.89. The van der Waals surface area contributed by atoms with E-state index in [1.165, 1.54) is 0 Å². The van der Waals surface area contributed by atoms with E-state index in [-0.39, 0.29) is 5.92 Å². The van der Waals surface area contributed by atoms with Crippen molar-refractivity contribution in [2.45, 2.75) is 25.9 Å². The molecule has 19 heavy (non-hydrogen) atoms. The standard InChI is InChI=1S/C17H20O2/c1-12-11-15(19-3)9-10-16(12)17(18)13(2)14-7-5-4-6-8-14/h4-11,13,17-18H,1-3H3. The van der Waals surface area contributed by atoms with Gasteiger partial charge in [-0.2, -0.15) is 0 Å². The smallest absolute Gasteiger partial charge is 0.119 e. The number of rotatable bonds is 4. The van der Waals surface area contributed by atoms with Crippen molar-refractivity contribution in [3.63, 3.8) is 0 Å². The molecule has 0 bridgehead atoms. The highest BCUT2D eigenvalue weighted by Gasteiger charge is 2.19. The molecule has 2 nitrogen and oxygen atoms in total. The van der Waals surface area contributed by atoms with Crippen molar-refractivity contribution in [1.29, 1.82) is 0 Å². The third-order valence-electron chi connectivity index (χ3n) is 3.59. The van der Waals surface area contributed by atoms with Crippen LogP contribution in [-0.4, -0.2) is 12.2 Å². The summed E-state index contributed by atoms with van der Waals surface area (Å²) < 4.78 is 5.19. The number of ether oxygens (including phenoxy) is 1. The maximum atomic E-state index is 10.5. The normalized spacial score (nSPS) is 13.9. The summed E-state index contributed by atoms with van der Waals surface area (Å²) in [5.41, 5.74) is 3.15. The van der Waals surface area contributed by atoms with E-state index in [4.69, 9.17) is 4.74 Å². The predicted octanol–water partition coefficient (Wildman–Crippen LogP) is 3.84. The Kier molecular flexibility index (Phi) is 4.23. The Morgan fingerprint density at radius 1 is 1.05 bits per heavy atom. The van der Waals surface area contributed by atoms with Gasteiger partial charge in [-0.25, -0.2) is 0 Å². The van der Waals surface area contributed by atoms with Crippen molar-refractivity contribution < 1.29 is 9.84 Å². The maximum Gasteiger partial charge on any atom is 0.119 e. The van der Waals surface area contributed by atoms with Gasteiger partial charge >= 0.3 is 0 Å². The molecule has 0 aliphatic carbocycles. The molecule has 2 rings (SSSR count). The van der Waals surface area contributed by atoms with Crippen LogP contribution in [0.3, 0.4) is 0 Å². The average Bonchev–Trinajstić information content (AvgIpc) is 2.46. The largest absolute Gasteiger partial charge is 0.497 e. The molecule has 2 atom stereocenters. The SMILES string of the molecule is COc1ccc(C(O)C(C)c2ccccc2)c(C)c1. The summed E-state index contributed by atoms with van der Waals surface area (Å²) in [6.07, 6.45) is -0.506. The van der Waals surface area contributed by atoms with E-state index < -0.39 is 6.10 Å². The number of aliphatic hydroxyl groups excluding tert-OH is 1. The number of hydrogen-bond donors (Lipinski definition) is 1. The number of aryl methyl sites for hydroxylation is 1. The van der Waals surface area contributed by atoms with Crippen LogP contribution in [0.2, 0.25) is 0 Å². The molecule has 0 spiro atoms. The molecule has 100 valence electrons. The minimum Gasteiger partial charge on any atom is -0.497 e. The molecule has 2 heteroatoms. The Labute approximate surface area is 114 Å². The quantitative estimate of drug-likeness (QED) is 0.900. The first kappa shape index (κ1) is 13.6. The molecule has 0 radical (unpaired) electrons. The summed E-state index contributed by atoms with van der Waals surface area (Å²) in [5, 5.41) is 10.5. The van der Waals surface area contributed by atoms with Gasteiger partial charge < -0.3 is 9.84 Å². The van der Waals surface area contributed by atoms with Crippen LogP contribution >= 0.6 is 0 Å². The maximum absolute atomic E-state index is 10.5. The van der Waals surface area contributed by atoms with Crippen molar-refractivity contribution in [2.75, 3.05) is 7.11 Å². The molecule has 0 fully saturated rings. The lowest BCUT2D eigenvalue weighted by atomic mass is 9.89. The Balaban J connectivity index is 2.26. The average molecular weight is 256 g/mol. The summed E-state index contributed by atoms with van der Waals surface area (Å²) in [4.78, 5) is 0. The number of hydrogen-bond acceptors (Lipinski definition) is 2. The van der Waals surface area contributed by atoms with Gasteiger partial charge in [0.05, 0.1) is 13.2 Å². The third-order valence-corrected chi connectivity index (χ3v) is 3.59. The van der Waals surface area contributed by atoms with Crippen LogP contribution in [0.1, 0.15) is 35.6 Å². The fourth-order valence-electron chi connectivity index (χ4n) is 2.32. The van der Waals surface area contributed by atoms with Crippen LogP contribution in [0.25, 0.3) is 0 Å². The minimum atomic E-state index is -0.506. The van der Waals surface area contributed by atoms with E-state index in [1.807, 2.05) is 62.4 Å². The number of aliphatic hydroxyl groups is 1. The second-order valence-electron chi connectivity index (χ2n) is 4.87. The van der Waals surface area contributed by atoms with Gasteiger partial charge in [-0.05, 0) is 35.7 Å². The van der Waals surface area contributed by atoms with Gasteiger partial charge in [0.1, 0.15) is 5.75 Å². The summed E-state index contributed by atoms with van der Waals surface area (Å²) in [6.45, 7) is 4.04. The van der Waals surface area contributed by atoms with Crippen LogP contribution in [0.4, 0.5) is 0 Å². The van der Waals surface area contributed by atoms with E-state index in [9.17, 15) is 5.11 Å². The molecule has 0 saturated carbocycles. The minimum absolute atomic E-state index is 0.0632. The topological polar surface area (TPSA) is 29.5 Å². The first-order chi connectivity index (χ1) is 9.13. The molecule has 2 aromatic carbocycles. The van der Waals surface area contributed by atoms with Crippen LogP contribution in [-0.2, 0) is 0 Å². The zero-order valence-corrected chi connectivity index (χ0v) is 11.6. The first-order valence-corrected chi connectivity index (χ1v) is 6.51. The molecule has 0 heterocycles. The van der Waals surface area contributed by atoms with Gasteiger partial charge in [-0.3, -0.25) is 0 Å². The monoisotopic (exact) mass is 256 g/mol. The van der Waals surface area contributed by atoms with Gasteiger partial charge in [0.2, 0.25) is 0 Å². The van der Waals surface area contributed by atoms with Gasteiger partial charge in [0, 0.05) is 5.92 Å². The van der Waals surface area contributed by atoms with Crippen LogP contribution in [0, 0.1) is 6.92 Å². The zero-order valence-electron chi connectivity index (χ0n) is 11.6. The second-order valence-corrected chi connectivity index (χ2v) is 4.87. The predicted molar refractivity (Wildman–Crippen MR) is 77.5 cm³/mol. The summed E-state index contributed by atoms with van der Waals surface area (Å²) in [6, 6.07) is 15.9. The molecule has 1 N–H and O–H groups in total. The molecule has 0 aliphatic rings. The fraction of sp³-hybridized carbons (Fsp3) is 0.294. The van der Waals surface area contributed by atoms with Gasteiger partial charge in [0.15, 0.2) is 0 Å². The van der Waals surface area contributed by atoms with Crippen LogP contribution in [0.5, 0.6) is 5.75 Å².